The zero-order chi connectivity index (χ0) is 22.7. The van der Waals surface area contributed by atoms with Crippen LogP contribution in [0.5, 0.6) is 0 Å². The van der Waals surface area contributed by atoms with Crippen LogP contribution in [0.3, 0.4) is 0 Å². The van der Waals surface area contributed by atoms with Gasteiger partial charge in [0, 0.05) is 38.0 Å². The highest BCUT2D eigenvalue weighted by Gasteiger charge is 2.45. The molecule has 0 aromatic carbocycles. The van der Waals surface area contributed by atoms with E-state index in [1.165, 1.54) is 20.0 Å². The molecule has 1 aromatic rings. The number of nitriles is 1. The molecule has 2 aliphatic heterocycles. The van der Waals surface area contributed by atoms with E-state index in [1.807, 2.05) is 0 Å². The van der Waals surface area contributed by atoms with Gasteiger partial charge in [-0.15, -0.1) is 0 Å². The van der Waals surface area contributed by atoms with E-state index in [-0.39, 0.29) is 18.1 Å². The average Bonchev–Trinajstić information content (AvgIpc) is 3.70. The first-order chi connectivity index (χ1) is 16.1. The van der Waals surface area contributed by atoms with Crippen molar-refractivity contribution in [2.75, 3.05) is 38.2 Å². The lowest BCUT2D eigenvalue weighted by Gasteiger charge is -2.43. The summed E-state index contributed by atoms with van der Waals surface area (Å²) in [5, 5.41) is 10.2. The van der Waals surface area contributed by atoms with Crippen molar-refractivity contribution in [1.82, 2.24) is 14.8 Å². The number of methoxy groups -OCH3 is 1. The highest BCUT2D eigenvalue weighted by Crippen LogP contribution is 2.45. The van der Waals surface area contributed by atoms with Crippen molar-refractivity contribution in [1.29, 1.82) is 5.26 Å². The molecule has 8 nitrogen and oxygen atoms in total. The van der Waals surface area contributed by atoms with Crippen LogP contribution >= 0.6 is 0 Å². The van der Waals surface area contributed by atoms with Crippen molar-refractivity contribution in [3.05, 3.63) is 22.4 Å². The molecule has 4 fully saturated rings. The highest BCUT2D eigenvalue weighted by molar-refractivity contribution is 5.82. The summed E-state index contributed by atoms with van der Waals surface area (Å²) in [5.41, 5.74) is 3.84. The van der Waals surface area contributed by atoms with E-state index in [4.69, 9.17) is 9.72 Å². The van der Waals surface area contributed by atoms with Crippen molar-refractivity contribution in [3.8, 4) is 6.07 Å². The summed E-state index contributed by atoms with van der Waals surface area (Å²) in [5.74, 6) is 2.38. The highest BCUT2D eigenvalue weighted by atomic mass is 16.5. The summed E-state index contributed by atoms with van der Waals surface area (Å²) in [6, 6.07) is 2.70. The van der Waals surface area contributed by atoms with Gasteiger partial charge in [-0.05, 0) is 62.0 Å². The summed E-state index contributed by atoms with van der Waals surface area (Å²) in [6.07, 6.45) is 6.99. The number of hydrogen-bond acceptors (Lipinski definition) is 6. The molecule has 1 unspecified atom stereocenters. The maximum absolute atomic E-state index is 12.9. The summed E-state index contributed by atoms with van der Waals surface area (Å²) in [6.45, 7) is 3.22. The number of aromatic nitrogens is 1. The minimum Gasteiger partial charge on any atom is -0.453 e. The minimum atomic E-state index is -0.325. The van der Waals surface area contributed by atoms with Gasteiger partial charge in [-0.2, -0.15) is 5.26 Å². The number of rotatable bonds is 4. The number of anilines is 1. The lowest BCUT2D eigenvalue weighted by Crippen LogP contribution is -2.57. The number of piperazine rings is 1. The molecule has 8 heteroatoms. The van der Waals surface area contributed by atoms with Crippen LogP contribution in [0.4, 0.5) is 10.6 Å². The Morgan fingerprint density at radius 1 is 1.06 bits per heavy atom. The second-order valence-electron chi connectivity index (χ2n) is 10.3. The number of fused-ring (bicyclic) bond motifs is 1. The number of ether oxygens (including phenoxy) is 1. The number of nitrogens with zero attached hydrogens (tertiary/aromatic N) is 5. The molecular weight excluding hydrogens is 418 g/mol. The van der Waals surface area contributed by atoms with Gasteiger partial charge >= 0.3 is 6.09 Å². The van der Waals surface area contributed by atoms with Crippen molar-refractivity contribution >= 4 is 17.8 Å². The fraction of sp³-hybridized carbons (Fsp3) is 0.680. The molecule has 0 radical (unpaired) electrons. The van der Waals surface area contributed by atoms with Gasteiger partial charge in [-0.1, -0.05) is 0 Å². The van der Waals surface area contributed by atoms with E-state index in [0.29, 0.717) is 42.8 Å². The lowest BCUT2D eigenvalue weighted by atomic mass is 9.92. The predicted octanol–water partition coefficient (Wildman–Crippen LogP) is 2.79. The Bertz CT molecular complexity index is 1040. The molecule has 1 saturated heterocycles. The van der Waals surface area contributed by atoms with Gasteiger partial charge in [0.25, 0.3) is 0 Å². The van der Waals surface area contributed by atoms with E-state index in [0.717, 1.165) is 68.0 Å². The van der Waals surface area contributed by atoms with Gasteiger partial charge in [-0.25, -0.2) is 9.78 Å². The van der Waals surface area contributed by atoms with Crippen LogP contribution in [0.2, 0.25) is 0 Å². The first-order valence-corrected chi connectivity index (χ1v) is 12.4. The van der Waals surface area contributed by atoms with E-state index in [2.05, 4.69) is 15.9 Å². The second-order valence-corrected chi connectivity index (χ2v) is 10.3. The summed E-state index contributed by atoms with van der Waals surface area (Å²) < 4.78 is 4.95. The molecular formula is C25H31N5O3. The third kappa shape index (κ3) is 3.71. The van der Waals surface area contributed by atoms with Gasteiger partial charge in [0.1, 0.15) is 11.9 Å². The van der Waals surface area contributed by atoms with Crippen LogP contribution in [-0.2, 0) is 22.5 Å². The third-order valence-corrected chi connectivity index (χ3v) is 8.01. The predicted molar refractivity (Wildman–Crippen MR) is 121 cm³/mol. The molecule has 3 aliphatic carbocycles. The number of amides is 2. The molecule has 1 atom stereocenters. The first-order valence-electron chi connectivity index (χ1n) is 12.4. The van der Waals surface area contributed by atoms with Crippen molar-refractivity contribution in [3.63, 3.8) is 0 Å². The zero-order valence-corrected chi connectivity index (χ0v) is 19.3. The minimum absolute atomic E-state index is 0.232. The van der Waals surface area contributed by atoms with Gasteiger partial charge in [0.15, 0.2) is 0 Å². The second kappa shape index (κ2) is 7.89. The third-order valence-electron chi connectivity index (χ3n) is 8.01. The summed E-state index contributed by atoms with van der Waals surface area (Å²) in [7, 11) is 1.41. The Hall–Kier alpha value is -2.82. The fourth-order valence-corrected chi connectivity index (χ4v) is 5.70. The van der Waals surface area contributed by atoms with Gasteiger partial charge < -0.3 is 19.4 Å². The van der Waals surface area contributed by atoms with Crippen molar-refractivity contribution in [2.24, 2.45) is 11.8 Å². The molecule has 1 aromatic heterocycles. The SMILES string of the molecule is COC(=O)N1CCc2c(C#N)c(N3CCN(C(=O)C4CC4)C(C4CC4)C3)nc(C3CC3)c2C1. The van der Waals surface area contributed by atoms with Gasteiger partial charge in [0.05, 0.1) is 31.0 Å². The normalized spacial score (nSPS) is 24.8. The average molecular weight is 450 g/mol. The Morgan fingerprint density at radius 3 is 2.48 bits per heavy atom. The molecule has 0 bridgehead atoms. The number of pyridine rings is 1. The Morgan fingerprint density at radius 2 is 1.85 bits per heavy atom. The molecule has 6 rings (SSSR count). The molecule has 174 valence electrons. The molecule has 5 aliphatic rings. The van der Waals surface area contributed by atoms with Crippen LogP contribution < -0.4 is 4.90 Å². The van der Waals surface area contributed by atoms with Gasteiger partial charge in [-0.3, -0.25) is 4.79 Å². The Labute approximate surface area is 194 Å². The summed E-state index contributed by atoms with van der Waals surface area (Å²) >= 11 is 0. The standard InChI is InChI=1S/C25H31N5O3/c1-33-25(32)29-9-8-18-19(12-26)23(27-22(16-4-5-16)20(18)13-29)28-10-11-30(24(31)17-6-7-17)21(14-28)15-2-3-15/h15-17,21H,2-11,13-14H2,1H3. The first kappa shape index (κ1) is 20.8. The zero-order valence-electron chi connectivity index (χ0n) is 19.3. The Balaban J connectivity index is 1.34. The summed E-state index contributed by atoms with van der Waals surface area (Å²) in [4.78, 5) is 36.3. The van der Waals surface area contributed by atoms with Crippen molar-refractivity contribution < 1.29 is 14.3 Å². The van der Waals surface area contributed by atoms with E-state index in [1.54, 1.807) is 4.90 Å². The molecule has 3 saturated carbocycles. The van der Waals surface area contributed by atoms with E-state index < -0.39 is 0 Å². The lowest BCUT2D eigenvalue weighted by molar-refractivity contribution is -0.135. The maximum atomic E-state index is 12.9. The van der Waals surface area contributed by atoms with Crippen LogP contribution in [0.25, 0.3) is 0 Å². The maximum Gasteiger partial charge on any atom is 0.409 e. The monoisotopic (exact) mass is 449 g/mol. The Kier molecular flexibility index (Phi) is 4.97. The molecule has 0 N–H and O–H groups in total. The quantitative estimate of drug-likeness (QED) is 0.702. The van der Waals surface area contributed by atoms with Crippen LogP contribution in [0.1, 0.15) is 66.8 Å². The number of carbonyl (C=O) groups is 2. The molecule has 3 heterocycles. The van der Waals surface area contributed by atoms with Crippen molar-refractivity contribution in [2.45, 2.75) is 63.5 Å². The molecule has 0 spiro atoms. The van der Waals surface area contributed by atoms with Crippen LogP contribution in [-0.4, -0.2) is 66.1 Å². The topological polar surface area (TPSA) is 89.8 Å². The van der Waals surface area contributed by atoms with Gasteiger partial charge in [0.2, 0.25) is 5.91 Å². The van der Waals surface area contributed by atoms with Crippen LogP contribution in [0, 0.1) is 23.2 Å². The van der Waals surface area contributed by atoms with E-state index in [9.17, 15) is 14.9 Å². The number of carbonyl (C=O) groups excluding carboxylic acids is 2. The smallest absolute Gasteiger partial charge is 0.409 e. The van der Waals surface area contributed by atoms with Crippen LogP contribution in [0.15, 0.2) is 0 Å². The fourth-order valence-electron chi connectivity index (χ4n) is 5.70. The molecule has 33 heavy (non-hydrogen) atoms. The largest absolute Gasteiger partial charge is 0.453 e. The number of hydrogen-bond donors (Lipinski definition) is 0. The van der Waals surface area contributed by atoms with E-state index >= 15 is 0 Å². The molecule has 2 amide bonds.